The second-order valence-corrected chi connectivity index (χ2v) is 4.72. The molecular weight excluding hydrogens is 216 g/mol. The highest BCUT2D eigenvalue weighted by Gasteiger charge is 2.19. The Hall–Kier alpha value is -1.52. The highest BCUT2D eigenvalue weighted by atomic mass is 16.1. The molecule has 5 nitrogen and oxygen atoms in total. The molecule has 1 aliphatic rings. The van der Waals surface area contributed by atoms with Gasteiger partial charge >= 0.3 is 0 Å². The Bertz CT molecular complexity index is 366. The van der Waals surface area contributed by atoms with Crippen molar-refractivity contribution < 1.29 is 4.79 Å². The van der Waals surface area contributed by atoms with Gasteiger partial charge in [0.15, 0.2) is 0 Å². The number of carbonyl (C=O) groups excluding carboxylic acids is 1. The summed E-state index contributed by atoms with van der Waals surface area (Å²) < 4.78 is 0. The summed E-state index contributed by atoms with van der Waals surface area (Å²) in [6, 6.07) is 0. The highest BCUT2D eigenvalue weighted by Crippen LogP contribution is 2.23. The first-order chi connectivity index (χ1) is 8.27. The van der Waals surface area contributed by atoms with E-state index < -0.39 is 0 Å². The average Bonchev–Trinajstić information content (AvgIpc) is 2.58. The normalized spacial score (nSPS) is 17.6. The second-order valence-electron chi connectivity index (χ2n) is 4.72. The fourth-order valence-electron chi connectivity index (χ4n) is 2.33. The number of carbonyl (C=O) groups is 1. The van der Waals surface area contributed by atoms with Gasteiger partial charge in [0.1, 0.15) is 5.82 Å². The summed E-state index contributed by atoms with van der Waals surface area (Å²) >= 11 is 0. The Balaban J connectivity index is 1.82. The van der Waals surface area contributed by atoms with Gasteiger partial charge in [0.25, 0.3) is 0 Å². The SMILES string of the molecule is Nc1[nH]ncc1CNC(=O)C1CCCCCC1. The van der Waals surface area contributed by atoms with Gasteiger partial charge in [0.2, 0.25) is 5.91 Å². The molecule has 0 unspecified atom stereocenters. The van der Waals surface area contributed by atoms with Crippen LogP contribution in [0.15, 0.2) is 6.20 Å². The molecule has 0 saturated heterocycles. The van der Waals surface area contributed by atoms with Crippen LogP contribution in [0.5, 0.6) is 0 Å². The zero-order chi connectivity index (χ0) is 12.1. The van der Waals surface area contributed by atoms with Crippen molar-refractivity contribution in [2.45, 2.75) is 45.1 Å². The molecule has 1 fully saturated rings. The minimum atomic E-state index is 0.160. The van der Waals surface area contributed by atoms with Crippen molar-refractivity contribution in [2.75, 3.05) is 5.73 Å². The van der Waals surface area contributed by atoms with E-state index in [1.54, 1.807) is 6.20 Å². The number of nitrogens with one attached hydrogen (secondary N) is 2. The van der Waals surface area contributed by atoms with Gasteiger partial charge in [-0.1, -0.05) is 25.7 Å². The maximum Gasteiger partial charge on any atom is 0.223 e. The molecule has 94 valence electrons. The number of rotatable bonds is 3. The molecule has 1 saturated carbocycles. The van der Waals surface area contributed by atoms with Crippen molar-refractivity contribution in [3.8, 4) is 0 Å². The minimum Gasteiger partial charge on any atom is -0.384 e. The lowest BCUT2D eigenvalue weighted by molar-refractivity contribution is -0.125. The summed E-state index contributed by atoms with van der Waals surface area (Å²) in [7, 11) is 0. The lowest BCUT2D eigenvalue weighted by Gasteiger charge is -2.13. The first-order valence-corrected chi connectivity index (χ1v) is 6.33. The zero-order valence-electron chi connectivity index (χ0n) is 10.0. The number of aromatic nitrogens is 2. The van der Waals surface area contributed by atoms with Crippen LogP contribution in [0.25, 0.3) is 0 Å². The molecule has 1 heterocycles. The monoisotopic (exact) mass is 236 g/mol. The lowest BCUT2D eigenvalue weighted by atomic mass is 9.99. The Morgan fingerprint density at radius 1 is 1.41 bits per heavy atom. The van der Waals surface area contributed by atoms with Crippen LogP contribution in [0.2, 0.25) is 0 Å². The Labute approximate surface area is 101 Å². The molecule has 1 aromatic rings. The maximum absolute atomic E-state index is 12.0. The molecule has 5 heteroatoms. The van der Waals surface area contributed by atoms with Crippen LogP contribution in [0.1, 0.15) is 44.1 Å². The molecule has 0 aliphatic heterocycles. The van der Waals surface area contributed by atoms with Gasteiger partial charge in [-0.05, 0) is 12.8 Å². The first kappa shape index (κ1) is 12.0. The van der Waals surface area contributed by atoms with E-state index in [0.717, 1.165) is 18.4 Å². The van der Waals surface area contributed by atoms with Crippen molar-refractivity contribution in [3.63, 3.8) is 0 Å². The maximum atomic E-state index is 12.0. The van der Waals surface area contributed by atoms with Crippen LogP contribution in [-0.2, 0) is 11.3 Å². The predicted molar refractivity (Wildman–Crippen MR) is 66.0 cm³/mol. The third kappa shape index (κ3) is 3.22. The number of amides is 1. The number of hydrogen-bond acceptors (Lipinski definition) is 3. The van der Waals surface area contributed by atoms with E-state index in [-0.39, 0.29) is 11.8 Å². The largest absolute Gasteiger partial charge is 0.384 e. The van der Waals surface area contributed by atoms with Crippen molar-refractivity contribution in [3.05, 3.63) is 11.8 Å². The quantitative estimate of drug-likeness (QED) is 0.697. The van der Waals surface area contributed by atoms with Crippen LogP contribution < -0.4 is 11.1 Å². The lowest BCUT2D eigenvalue weighted by Crippen LogP contribution is -2.30. The van der Waals surface area contributed by atoms with Gasteiger partial charge in [-0.25, -0.2) is 0 Å². The summed E-state index contributed by atoms with van der Waals surface area (Å²) in [5, 5.41) is 9.43. The molecule has 0 spiro atoms. The van der Waals surface area contributed by atoms with Crippen LogP contribution in [-0.4, -0.2) is 16.1 Å². The molecule has 1 aromatic heterocycles. The molecule has 0 bridgehead atoms. The molecule has 4 N–H and O–H groups in total. The fraction of sp³-hybridized carbons (Fsp3) is 0.667. The third-order valence-electron chi connectivity index (χ3n) is 3.43. The summed E-state index contributed by atoms with van der Waals surface area (Å²) in [6.07, 6.45) is 8.57. The topological polar surface area (TPSA) is 83.8 Å². The molecule has 0 atom stereocenters. The van der Waals surface area contributed by atoms with Crippen molar-refractivity contribution in [1.82, 2.24) is 15.5 Å². The van der Waals surface area contributed by atoms with E-state index in [1.165, 1.54) is 25.7 Å². The standard InChI is InChI=1S/C12H20N4O/c13-11-10(8-15-16-11)7-14-12(17)9-5-3-1-2-4-6-9/h8-9H,1-7H2,(H,14,17)(H3,13,15,16). The minimum absolute atomic E-state index is 0.160. The van der Waals surface area contributed by atoms with Crippen LogP contribution in [0.4, 0.5) is 5.82 Å². The number of anilines is 1. The number of aromatic amines is 1. The van der Waals surface area contributed by atoms with Crippen molar-refractivity contribution >= 4 is 11.7 Å². The summed E-state index contributed by atoms with van der Waals surface area (Å²) in [6.45, 7) is 0.470. The van der Waals surface area contributed by atoms with Crippen molar-refractivity contribution in [1.29, 1.82) is 0 Å². The first-order valence-electron chi connectivity index (χ1n) is 6.33. The molecule has 0 aromatic carbocycles. The van der Waals surface area contributed by atoms with Gasteiger partial charge in [0.05, 0.1) is 6.20 Å². The van der Waals surface area contributed by atoms with E-state index in [4.69, 9.17) is 5.73 Å². The van der Waals surface area contributed by atoms with Gasteiger partial charge in [-0.3, -0.25) is 9.89 Å². The Kier molecular flexibility index (Phi) is 4.01. The number of hydrogen-bond donors (Lipinski definition) is 3. The highest BCUT2D eigenvalue weighted by molar-refractivity contribution is 5.78. The van der Waals surface area contributed by atoms with Crippen LogP contribution >= 0.6 is 0 Å². The van der Waals surface area contributed by atoms with Gasteiger partial charge in [0, 0.05) is 18.0 Å². The van der Waals surface area contributed by atoms with Crippen LogP contribution in [0, 0.1) is 5.92 Å². The molecule has 1 aliphatic carbocycles. The summed E-state index contributed by atoms with van der Waals surface area (Å²) in [4.78, 5) is 12.0. The number of nitrogen functional groups attached to an aromatic ring is 1. The molecule has 1 amide bonds. The van der Waals surface area contributed by atoms with Crippen LogP contribution in [0.3, 0.4) is 0 Å². The van der Waals surface area contributed by atoms with Gasteiger partial charge in [-0.2, -0.15) is 5.10 Å². The second kappa shape index (κ2) is 5.70. The molecular formula is C12H20N4O. The fourth-order valence-corrected chi connectivity index (χ4v) is 2.33. The Morgan fingerprint density at radius 2 is 2.12 bits per heavy atom. The smallest absolute Gasteiger partial charge is 0.223 e. The van der Waals surface area contributed by atoms with Gasteiger partial charge < -0.3 is 11.1 Å². The number of nitrogens with two attached hydrogens (primary N) is 1. The van der Waals surface area contributed by atoms with E-state index in [1.807, 2.05) is 0 Å². The van der Waals surface area contributed by atoms with E-state index in [9.17, 15) is 4.79 Å². The third-order valence-corrected chi connectivity index (χ3v) is 3.43. The zero-order valence-corrected chi connectivity index (χ0v) is 10.0. The number of H-pyrrole nitrogens is 1. The van der Waals surface area contributed by atoms with E-state index in [0.29, 0.717) is 12.4 Å². The average molecular weight is 236 g/mol. The summed E-state index contributed by atoms with van der Waals surface area (Å²) in [5.74, 6) is 0.879. The molecule has 17 heavy (non-hydrogen) atoms. The van der Waals surface area contributed by atoms with E-state index in [2.05, 4.69) is 15.5 Å². The summed E-state index contributed by atoms with van der Waals surface area (Å²) in [5.41, 5.74) is 6.51. The van der Waals surface area contributed by atoms with Crippen molar-refractivity contribution in [2.24, 2.45) is 5.92 Å². The van der Waals surface area contributed by atoms with E-state index >= 15 is 0 Å². The molecule has 2 rings (SSSR count). The Morgan fingerprint density at radius 3 is 2.71 bits per heavy atom. The van der Waals surface area contributed by atoms with Gasteiger partial charge in [-0.15, -0.1) is 0 Å². The number of nitrogens with zero attached hydrogens (tertiary/aromatic N) is 1. The molecule has 0 radical (unpaired) electrons. The predicted octanol–water partition coefficient (Wildman–Crippen LogP) is 1.58.